The van der Waals surface area contributed by atoms with Gasteiger partial charge in [-0.05, 0) is 31.7 Å². The topological polar surface area (TPSA) is 90.9 Å². The molecule has 25 heavy (non-hydrogen) atoms. The molecule has 7 nitrogen and oxygen atoms in total. The second-order valence-electron chi connectivity index (χ2n) is 5.40. The van der Waals surface area contributed by atoms with Crippen molar-refractivity contribution in [3.05, 3.63) is 46.8 Å². The Labute approximate surface area is 146 Å². The van der Waals surface area contributed by atoms with Gasteiger partial charge in [-0.1, -0.05) is 6.92 Å². The van der Waals surface area contributed by atoms with Crippen molar-refractivity contribution in [3.8, 4) is 0 Å². The van der Waals surface area contributed by atoms with Crippen LogP contribution in [-0.4, -0.2) is 44.7 Å². The first-order valence-corrected chi connectivity index (χ1v) is 8.00. The lowest BCUT2D eigenvalue weighted by atomic mass is 9.99. The number of rotatable bonds is 7. The van der Waals surface area contributed by atoms with Gasteiger partial charge in [-0.2, -0.15) is 0 Å². The molecule has 1 aliphatic heterocycles. The third-order valence-electron chi connectivity index (χ3n) is 3.70. The first-order valence-electron chi connectivity index (χ1n) is 8.00. The molecule has 0 aromatic heterocycles. The number of carbonyl (C=O) groups excluding carboxylic acids is 3. The molecule has 2 aliphatic rings. The second-order valence-corrected chi connectivity index (χ2v) is 5.40. The molecule has 0 bridgehead atoms. The van der Waals surface area contributed by atoms with E-state index in [0.717, 1.165) is 19.5 Å². The number of methoxy groups -OCH3 is 2. The molecule has 1 N–H and O–H groups in total. The van der Waals surface area contributed by atoms with Crippen LogP contribution in [0.5, 0.6) is 0 Å². The molecular formula is C18H21NO6. The molecule has 0 aromatic rings. The van der Waals surface area contributed by atoms with Crippen molar-refractivity contribution in [2.45, 2.75) is 19.8 Å². The molecule has 0 saturated heterocycles. The van der Waals surface area contributed by atoms with E-state index in [1.165, 1.54) is 32.4 Å². The predicted molar refractivity (Wildman–Crippen MR) is 89.2 cm³/mol. The maximum Gasteiger partial charge on any atom is 0.268 e. The number of nitrogens with one attached hydrogen (secondary N) is 1. The zero-order valence-corrected chi connectivity index (χ0v) is 14.5. The van der Waals surface area contributed by atoms with E-state index in [0.29, 0.717) is 12.2 Å². The molecule has 134 valence electrons. The smallest absolute Gasteiger partial charge is 0.268 e. The summed E-state index contributed by atoms with van der Waals surface area (Å²) in [5.41, 5.74) is 0.268. The van der Waals surface area contributed by atoms with Gasteiger partial charge in [0.15, 0.2) is 17.3 Å². The zero-order valence-electron chi connectivity index (χ0n) is 14.5. The summed E-state index contributed by atoms with van der Waals surface area (Å²) in [6.45, 7) is 3.64. The predicted octanol–water partition coefficient (Wildman–Crippen LogP) is 1.33. The SMILES string of the molecule is CCNCCCC1=CC(=O)C(=O)C(=C2C=C(OC)C(=O)C(OC)=C2)O1. The lowest BCUT2D eigenvalue weighted by Gasteiger charge is -2.20. The summed E-state index contributed by atoms with van der Waals surface area (Å²) >= 11 is 0. The Morgan fingerprint density at radius 1 is 1.00 bits per heavy atom. The van der Waals surface area contributed by atoms with Crippen molar-refractivity contribution in [1.82, 2.24) is 5.32 Å². The standard InChI is InChI=1S/C18H21NO6/c1-4-19-7-5-6-12-10-13(20)16(21)18(25-12)11-8-14(23-2)17(22)15(9-11)24-3/h8-10,19H,4-7H2,1-3H3. The van der Waals surface area contributed by atoms with Crippen molar-refractivity contribution in [2.24, 2.45) is 0 Å². The molecule has 1 heterocycles. The summed E-state index contributed by atoms with van der Waals surface area (Å²) in [5, 5.41) is 3.18. The molecular weight excluding hydrogens is 326 g/mol. The number of hydrogen-bond donors (Lipinski definition) is 1. The van der Waals surface area contributed by atoms with Crippen LogP contribution in [0.1, 0.15) is 19.8 Å². The Bertz CT molecular complexity index is 685. The lowest BCUT2D eigenvalue weighted by Crippen LogP contribution is -2.24. The van der Waals surface area contributed by atoms with Crippen molar-refractivity contribution in [3.63, 3.8) is 0 Å². The molecule has 0 radical (unpaired) electrons. The summed E-state index contributed by atoms with van der Waals surface area (Å²) in [6, 6.07) is 0. The maximum atomic E-state index is 12.2. The van der Waals surface area contributed by atoms with Crippen LogP contribution in [-0.2, 0) is 28.6 Å². The van der Waals surface area contributed by atoms with E-state index >= 15 is 0 Å². The molecule has 0 fully saturated rings. The Balaban J connectivity index is 2.31. The fourth-order valence-corrected chi connectivity index (χ4v) is 2.42. The lowest BCUT2D eigenvalue weighted by molar-refractivity contribution is -0.134. The van der Waals surface area contributed by atoms with Gasteiger partial charge in [0, 0.05) is 18.1 Å². The summed E-state index contributed by atoms with van der Waals surface area (Å²) in [4.78, 5) is 36.2. The highest BCUT2D eigenvalue weighted by Crippen LogP contribution is 2.28. The van der Waals surface area contributed by atoms with Gasteiger partial charge in [0.05, 0.1) is 14.2 Å². The second kappa shape index (κ2) is 8.43. The Morgan fingerprint density at radius 3 is 2.20 bits per heavy atom. The molecule has 0 spiro atoms. The van der Waals surface area contributed by atoms with Gasteiger partial charge in [-0.3, -0.25) is 14.4 Å². The van der Waals surface area contributed by atoms with Gasteiger partial charge in [-0.15, -0.1) is 0 Å². The van der Waals surface area contributed by atoms with Crippen LogP contribution in [0.2, 0.25) is 0 Å². The molecule has 7 heteroatoms. The average molecular weight is 347 g/mol. The number of ether oxygens (including phenoxy) is 3. The Kier molecular flexibility index (Phi) is 6.30. The fraction of sp³-hybridized carbons (Fsp3) is 0.389. The highest BCUT2D eigenvalue weighted by molar-refractivity contribution is 6.47. The Hall–Kier alpha value is -2.67. The minimum Gasteiger partial charge on any atom is -0.492 e. The first kappa shape index (κ1) is 18.7. The van der Waals surface area contributed by atoms with Gasteiger partial charge in [0.1, 0.15) is 5.76 Å². The molecule has 2 rings (SSSR count). The molecule has 0 saturated carbocycles. The monoisotopic (exact) mass is 347 g/mol. The van der Waals surface area contributed by atoms with E-state index in [-0.39, 0.29) is 22.9 Å². The maximum absolute atomic E-state index is 12.2. The summed E-state index contributed by atoms with van der Waals surface area (Å²) in [5.74, 6) is -1.54. The van der Waals surface area contributed by atoms with Crippen molar-refractivity contribution in [1.29, 1.82) is 0 Å². The van der Waals surface area contributed by atoms with E-state index in [2.05, 4.69) is 5.32 Å². The minimum absolute atomic E-state index is 0.00829. The van der Waals surface area contributed by atoms with E-state index in [1.54, 1.807) is 0 Å². The summed E-state index contributed by atoms with van der Waals surface area (Å²) < 4.78 is 15.7. The van der Waals surface area contributed by atoms with Gasteiger partial charge in [-0.25, -0.2) is 0 Å². The number of allylic oxidation sites excluding steroid dienone is 6. The first-order chi connectivity index (χ1) is 12.0. The third-order valence-corrected chi connectivity index (χ3v) is 3.70. The minimum atomic E-state index is -0.766. The van der Waals surface area contributed by atoms with E-state index in [4.69, 9.17) is 14.2 Å². The normalized spacial score (nSPS) is 17.7. The summed E-state index contributed by atoms with van der Waals surface area (Å²) in [7, 11) is 2.68. The van der Waals surface area contributed by atoms with Crippen LogP contribution >= 0.6 is 0 Å². The Morgan fingerprint density at radius 2 is 1.64 bits per heavy atom. The molecule has 0 unspecified atom stereocenters. The highest BCUT2D eigenvalue weighted by atomic mass is 16.5. The molecule has 1 aliphatic carbocycles. The van der Waals surface area contributed by atoms with Crippen LogP contribution in [0, 0.1) is 0 Å². The molecule has 0 atom stereocenters. The quantitative estimate of drug-likeness (QED) is 0.422. The van der Waals surface area contributed by atoms with Crippen LogP contribution in [0.3, 0.4) is 0 Å². The average Bonchev–Trinajstić information content (AvgIpc) is 2.61. The molecule has 0 aromatic carbocycles. The van der Waals surface area contributed by atoms with Crippen LogP contribution in [0.25, 0.3) is 0 Å². The number of ketones is 3. The van der Waals surface area contributed by atoms with E-state index in [9.17, 15) is 14.4 Å². The fourth-order valence-electron chi connectivity index (χ4n) is 2.42. The van der Waals surface area contributed by atoms with E-state index in [1.807, 2.05) is 6.92 Å². The number of carbonyl (C=O) groups is 3. The van der Waals surface area contributed by atoms with Gasteiger partial charge in [0.2, 0.25) is 5.78 Å². The number of Topliss-reactive ketones (excluding diaryl/α,β-unsaturated/α-hetero) is 2. The van der Waals surface area contributed by atoms with Crippen molar-refractivity contribution >= 4 is 17.3 Å². The molecule has 0 amide bonds. The number of hydrogen-bond acceptors (Lipinski definition) is 7. The van der Waals surface area contributed by atoms with Crippen LogP contribution < -0.4 is 5.32 Å². The van der Waals surface area contributed by atoms with Crippen LogP contribution in [0.15, 0.2) is 46.8 Å². The van der Waals surface area contributed by atoms with E-state index < -0.39 is 17.3 Å². The van der Waals surface area contributed by atoms with Crippen LogP contribution in [0.4, 0.5) is 0 Å². The highest BCUT2D eigenvalue weighted by Gasteiger charge is 2.31. The third kappa shape index (κ3) is 4.24. The van der Waals surface area contributed by atoms with Gasteiger partial charge >= 0.3 is 0 Å². The van der Waals surface area contributed by atoms with Gasteiger partial charge < -0.3 is 19.5 Å². The largest absolute Gasteiger partial charge is 0.492 e. The van der Waals surface area contributed by atoms with Crippen molar-refractivity contribution < 1.29 is 28.6 Å². The summed E-state index contributed by atoms with van der Waals surface area (Å²) in [6.07, 6.45) is 5.23. The zero-order chi connectivity index (χ0) is 18.4. The van der Waals surface area contributed by atoms with Crippen molar-refractivity contribution in [2.75, 3.05) is 27.3 Å². The van der Waals surface area contributed by atoms with Gasteiger partial charge in [0.25, 0.3) is 11.6 Å².